The zero-order chi connectivity index (χ0) is 21.0. The molecule has 0 spiro atoms. The molecular weight excluding hydrogens is 398 g/mol. The number of aromatic nitrogens is 2. The molecule has 1 aliphatic rings. The van der Waals surface area contributed by atoms with Crippen molar-refractivity contribution in [2.45, 2.75) is 6.54 Å². The minimum absolute atomic E-state index is 0.179. The summed E-state index contributed by atoms with van der Waals surface area (Å²) in [4.78, 5) is 22.2. The lowest BCUT2D eigenvalue weighted by Crippen LogP contribution is -2.26. The monoisotopic (exact) mass is 413 g/mol. The Kier molecular flexibility index (Phi) is 4.02. The van der Waals surface area contributed by atoms with Gasteiger partial charge in [-0.25, -0.2) is 4.98 Å². The van der Waals surface area contributed by atoms with Gasteiger partial charge < -0.3 is 15.6 Å². The van der Waals surface area contributed by atoms with E-state index in [0.717, 1.165) is 38.6 Å². The van der Waals surface area contributed by atoms with E-state index in [1.165, 1.54) is 0 Å². The molecule has 0 fully saturated rings. The molecule has 0 bridgehead atoms. The molecule has 3 heterocycles. The number of H-pyrrole nitrogens is 1. The number of hydrogen-bond acceptors (Lipinski definition) is 4. The van der Waals surface area contributed by atoms with Crippen LogP contribution >= 0.6 is 11.6 Å². The molecule has 7 heteroatoms. The van der Waals surface area contributed by atoms with E-state index in [9.17, 15) is 4.79 Å². The Balaban J connectivity index is 1.67. The smallest absolute Gasteiger partial charge is 0.256 e. The lowest BCUT2D eigenvalue weighted by atomic mass is 9.95. The molecule has 30 heavy (non-hydrogen) atoms. The largest absolute Gasteiger partial charge is 0.398 e. The first-order chi connectivity index (χ1) is 14.5. The van der Waals surface area contributed by atoms with Gasteiger partial charge in [-0.1, -0.05) is 30.3 Å². The lowest BCUT2D eigenvalue weighted by molar-refractivity contribution is 0.0794. The molecule has 6 nitrogen and oxygen atoms in total. The quantitative estimate of drug-likeness (QED) is 0.377. The van der Waals surface area contributed by atoms with E-state index in [1.54, 1.807) is 23.2 Å². The number of nitriles is 1. The number of rotatable bonds is 3. The van der Waals surface area contributed by atoms with Gasteiger partial charge >= 0.3 is 0 Å². The van der Waals surface area contributed by atoms with E-state index in [0.29, 0.717) is 28.4 Å². The number of halogens is 1. The molecule has 0 unspecified atom stereocenters. The molecule has 0 aliphatic carbocycles. The summed E-state index contributed by atoms with van der Waals surface area (Å²) in [5.41, 5.74) is 11.8. The summed E-state index contributed by atoms with van der Waals surface area (Å²) in [5, 5.41) is 11.5. The number of hydrogen-bond donors (Lipinski definition) is 2. The zero-order valence-corrected chi connectivity index (χ0v) is 16.6. The Morgan fingerprint density at radius 2 is 2.17 bits per heavy atom. The zero-order valence-electron chi connectivity index (χ0n) is 15.9. The van der Waals surface area contributed by atoms with Crippen LogP contribution in [0.1, 0.15) is 15.9 Å². The summed E-state index contributed by atoms with van der Waals surface area (Å²) in [6.07, 6.45) is 1.67. The molecule has 0 radical (unpaired) electrons. The fourth-order valence-electron chi connectivity index (χ4n) is 4.11. The predicted molar refractivity (Wildman–Crippen MR) is 118 cm³/mol. The van der Waals surface area contributed by atoms with Crippen molar-refractivity contribution in [3.05, 3.63) is 70.9 Å². The Bertz CT molecular complexity index is 1430. The Morgan fingerprint density at radius 3 is 2.97 bits per heavy atom. The number of aromatic amines is 1. The van der Waals surface area contributed by atoms with Crippen LogP contribution in [-0.2, 0) is 6.54 Å². The average molecular weight is 414 g/mol. The Labute approximate surface area is 177 Å². The van der Waals surface area contributed by atoms with E-state index in [2.05, 4.69) is 22.6 Å². The molecule has 3 N–H and O–H groups in total. The van der Waals surface area contributed by atoms with Gasteiger partial charge in [-0.2, -0.15) is 5.26 Å². The molecule has 0 saturated carbocycles. The highest BCUT2D eigenvalue weighted by Gasteiger charge is 2.32. The second-order valence-corrected chi connectivity index (χ2v) is 7.74. The van der Waals surface area contributed by atoms with E-state index in [1.807, 2.05) is 24.3 Å². The average Bonchev–Trinajstić information content (AvgIpc) is 3.27. The Hall–Kier alpha value is -3.82. The second kappa shape index (κ2) is 6.61. The SMILES string of the molecule is C=C(C#N)CN1Cc2c(-c3ccc4[nH]c5nccc(Cl)c5c4c3)ccc(N)c2C1=O. The minimum Gasteiger partial charge on any atom is -0.398 e. The summed E-state index contributed by atoms with van der Waals surface area (Å²) < 4.78 is 0. The van der Waals surface area contributed by atoms with Crippen LogP contribution < -0.4 is 5.73 Å². The molecule has 2 aromatic carbocycles. The highest BCUT2D eigenvalue weighted by atomic mass is 35.5. The molecule has 4 aromatic rings. The third-order valence-corrected chi connectivity index (χ3v) is 5.80. The first-order valence-corrected chi connectivity index (χ1v) is 9.70. The molecule has 146 valence electrons. The van der Waals surface area contributed by atoms with Gasteiger partial charge in [-0.15, -0.1) is 0 Å². The van der Waals surface area contributed by atoms with E-state index >= 15 is 0 Å². The number of amides is 1. The van der Waals surface area contributed by atoms with Crippen molar-refractivity contribution in [2.75, 3.05) is 12.3 Å². The van der Waals surface area contributed by atoms with E-state index in [-0.39, 0.29) is 12.5 Å². The van der Waals surface area contributed by atoms with Crippen LogP contribution in [0.25, 0.3) is 33.1 Å². The third-order valence-electron chi connectivity index (χ3n) is 5.49. The number of nitrogens with two attached hydrogens (primary N) is 1. The van der Waals surface area contributed by atoms with Crippen molar-refractivity contribution in [1.29, 1.82) is 5.26 Å². The first kappa shape index (κ1) is 18.2. The number of anilines is 1. The van der Waals surface area contributed by atoms with Crippen molar-refractivity contribution in [3.63, 3.8) is 0 Å². The number of carbonyl (C=O) groups excluding carboxylic acids is 1. The van der Waals surface area contributed by atoms with Crippen LogP contribution in [0.4, 0.5) is 5.69 Å². The number of nitrogens with zero attached hydrogens (tertiary/aromatic N) is 3. The second-order valence-electron chi connectivity index (χ2n) is 7.33. The number of fused-ring (bicyclic) bond motifs is 4. The summed E-state index contributed by atoms with van der Waals surface area (Å²) in [7, 11) is 0. The lowest BCUT2D eigenvalue weighted by Gasteiger charge is -2.14. The number of nitrogen functional groups attached to an aromatic ring is 1. The van der Waals surface area contributed by atoms with Crippen LogP contribution in [0.3, 0.4) is 0 Å². The molecule has 1 aliphatic heterocycles. The molecule has 0 saturated heterocycles. The maximum absolute atomic E-state index is 12.9. The molecule has 2 aromatic heterocycles. The highest BCUT2D eigenvalue weighted by Crippen LogP contribution is 2.38. The van der Waals surface area contributed by atoms with Crippen molar-refractivity contribution in [3.8, 4) is 17.2 Å². The minimum atomic E-state index is -0.179. The predicted octanol–water partition coefficient (Wildman–Crippen LogP) is 4.65. The van der Waals surface area contributed by atoms with E-state index in [4.69, 9.17) is 22.6 Å². The van der Waals surface area contributed by atoms with Crippen LogP contribution in [0.2, 0.25) is 5.02 Å². The molecular formula is C23H16ClN5O. The van der Waals surface area contributed by atoms with Gasteiger partial charge in [0.1, 0.15) is 5.65 Å². The first-order valence-electron chi connectivity index (χ1n) is 9.32. The fourth-order valence-corrected chi connectivity index (χ4v) is 4.36. The van der Waals surface area contributed by atoms with Crippen molar-refractivity contribution in [1.82, 2.24) is 14.9 Å². The number of pyridine rings is 1. The number of nitrogens with one attached hydrogen (secondary N) is 1. The summed E-state index contributed by atoms with van der Waals surface area (Å²) in [5.74, 6) is -0.179. The molecule has 1 amide bonds. The standard InChI is InChI=1S/C23H16ClN5O/c1-12(9-25)10-29-11-16-14(3-4-18(26)21(16)23(29)30)13-2-5-19-15(8-13)20-17(24)6-7-27-22(20)28-19/h2-8H,1,10-11,26H2,(H,27,28). The molecule has 5 rings (SSSR count). The van der Waals surface area contributed by atoms with Crippen molar-refractivity contribution < 1.29 is 4.79 Å². The third kappa shape index (κ3) is 2.64. The van der Waals surface area contributed by atoms with Crippen LogP contribution in [0, 0.1) is 11.3 Å². The fraction of sp³-hybridized carbons (Fsp3) is 0.0870. The van der Waals surface area contributed by atoms with Crippen molar-refractivity contribution in [2.24, 2.45) is 0 Å². The number of benzene rings is 2. The van der Waals surface area contributed by atoms with Gasteiger partial charge in [0.15, 0.2) is 0 Å². The summed E-state index contributed by atoms with van der Waals surface area (Å²) >= 11 is 6.43. The van der Waals surface area contributed by atoms with Crippen LogP contribution in [0.5, 0.6) is 0 Å². The summed E-state index contributed by atoms with van der Waals surface area (Å²) in [6, 6.07) is 13.5. The van der Waals surface area contributed by atoms with Gasteiger partial charge in [0.2, 0.25) is 0 Å². The molecule has 0 atom stereocenters. The van der Waals surface area contributed by atoms with Crippen LogP contribution in [-0.4, -0.2) is 27.3 Å². The summed E-state index contributed by atoms with van der Waals surface area (Å²) in [6.45, 7) is 4.26. The topological polar surface area (TPSA) is 98.8 Å². The highest BCUT2D eigenvalue weighted by molar-refractivity contribution is 6.37. The Morgan fingerprint density at radius 1 is 1.33 bits per heavy atom. The van der Waals surface area contributed by atoms with E-state index < -0.39 is 0 Å². The maximum atomic E-state index is 12.9. The normalized spacial score (nSPS) is 13.1. The van der Waals surface area contributed by atoms with Gasteiger partial charge in [-0.3, -0.25) is 4.79 Å². The number of carbonyl (C=O) groups is 1. The van der Waals surface area contributed by atoms with Crippen LogP contribution in [0.15, 0.2) is 54.7 Å². The van der Waals surface area contributed by atoms with Gasteiger partial charge in [0.05, 0.1) is 23.2 Å². The van der Waals surface area contributed by atoms with Gasteiger partial charge in [-0.05, 0) is 41.0 Å². The van der Waals surface area contributed by atoms with Gasteiger partial charge in [0.25, 0.3) is 5.91 Å². The maximum Gasteiger partial charge on any atom is 0.256 e. The van der Waals surface area contributed by atoms with Crippen molar-refractivity contribution >= 4 is 45.1 Å². The van der Waals surface area contributed by atoms with Gasteiger partial charge in [0, 0.05) is 40.3 Å².